The Morgan fingerprint density at radius 2 is 1.75 bits per heavy atom. The summed E-state index contributed by atoms with van der Waals surface area (Å²) < 4.78 is 27.5. The number of piperidine rings is 1. The van der Waals surface area contributed by atoms with Crippen molar-refractivity contribution in [1.29, 1.82) is 0 Å². The van der Waals surface area contributed by atoms with Gasteiger partial charge in [0.15, 0.2) is 0 Å². The van der Waals surface area contributed by atoms with Crippen molar-refractivity contribution in [3.05, 3.63) is 35.9 Å². The Bertz CT molecular complexity index is 715. The van der Waals surface area contributed by atoms with Crippen LogP contribution in [0.15, 0.2) is 30.3 Å². The zero-order valence-electron chi connectivity index (χ0n) is 13.8. The van der Waals surface area contributed by atoms with E-state index in [1.54, 1.807) is 4.31 Å². The van der Waals surface area contributed by atoms with Crippen molar-refractivity contribution in [2.24, 2.45) is 5.92 Å². The molecule has 0 aromatic heterocycles. The van der Waals surface area contributed by atoms with E-state index in [0.29, 0.717) is 25.3 Å². The molecule has 0 unspecified atom stereocenters. The maximum Gasteiger partial charge on any atom is 0.222 e. The van der Waals surface area contributed by atoms with E-state index in [2.05, 4.69) is 0 Å². The van der Waals surface area contributed by atoms with Gasteiger partial charge in [-0.05, 0) is 37.2 Å². The molecular formula is C18H24N2O3S. The van der Waals surface area contributed by atoms with E-state index in [9.17, 15) is 13.2 Å². The maximum absolute atomic E-state index is 12.9. The molecule has 1 saturated carbocycles. The molecule has 2 atom stereocenters. The molecule has 2 saturated heterocycles. The average Bonchev–Trinajstić information content (AvgIpc) is 3.26. The normalized spacial score (nSPS) is 28.2. The summed E-state index contributed by atoms with van der Waals surface area (Å²) in [5.41, 5.74) is 0.822. The van der Waals surface area contributed by atoms with Crippen molar-refractivity contribution in [3.8, 4) is 0 Å². The van der Waals surface area contributed by atoms with Gasteiger partial charge in [0, 0.05) is 31.6 Å². The number of carbonyl (C=O) groups is 1. The Hall–Kier alpha value is -1.40. The first-order valence-electron chi connectivity index (χ1n) is 8.87. The molecule has 1 aromatic rings. The highest BCUT2D eigenvalue weighted by molar-refractivity contribution is 7.88. The first-order chi connectivity index (χ1) is 11.5. The molecule has 130 valence electrons. The van der Waals surface area contributed by atoms with Crippen LogP contribution < -0.4 is 0 Å². The highest BCUT2D eigenvalue weighted by Crippen LogP contribution is 2.37. The largest absolute Gasteiger partial charge is 0.338 e. The lowest BCUT2D eigenvalue weighted by molar-refractivity contribution is -0.137. The summed E-state index contributed by atoms with van der Waals surface area (Å²) in [7, 11) is -3.34. The maximum atomic E-state index is 12.9. The van der Waals surface area contributed by atoms with Crippen molar-refractivity contribution in [1.82, 2.24) is 9.21 Å². The number of amides is 1. The zero-order chi connectivity index (χ0) is 16.7. The third-order valence-electron chi connectivity index (χ3n) is 5.53. The zero-order valence-corrected chi connectivity index (χ0v) is 14.6. The highest BCUT2D eigenvalue weighted by atomic mass is 32.2. The lowest BCUT2D eigenvalue weighted by Crippen LogP contribution is -2.53. The number of benzene rings is 1. The van der Waals surface area contributed by atoms with Crippen LogP contribution in [0, 0.1) is 5.92 Å². The molecule has 1 aromatic carbocycles. The van der Waals surface area contributed by atoms with E-state index < -0.39 is 10.0 Å². The van der Waals surface area contributed by atoms with E-state index in [-0.39, 0.29) is 23.7 Å². The van der Waals surface area contributed by atoms with Crippen LogP contribution in [0.4, 0.5) is 0 Å². The van der Waals surface area contributed by atoms with Crippen molar-refractivity contribution in [3.63, 3.8) is 0 Å². The lowest BCUT2D eigenvalue weighted by atomic mass is 9.96. The van der Waals surface area contributed by atoms with Gasteiger partial charge in [-0.3, -0.25) is 4.79 Å². The molecule has 3 fully saturated rings. The second-order valence-electron chi connectivity index (χ2n) is 7.30. The predicted octanol–water partition coefficient (Wildman–Crippen LogP) is 1.99. The van der Waals surface area contributed by atoms with Crippen LogP contribution in [0.3, 0.4) is 0 Å². The van der Waals surface area contributed by atoms with Crippen molar-refractivity contribution >= 4 is 15.9 Å². The molecule has 0 bridgehead atoms. The molecule has 1 amide bonds. The van der Waals surface area contributed by atoms with Gasteiger partial charge in [0.1, 0.15) is 0 Å². The molecule has 2 heterocycles. The van der Waals surface area contributed by atoms with Gasteiger partial charge < -0.3 is 4.90 Å². The summed E-state index contributed by atoms with van der Waals surface area (Å²) in [6, 6.07) is 9.39. The quantitative estimate of drug-likeness (QED) is 0.818. The highest BCUT2D eigenvalue weighted by Gasteiger charge is 2.48. The molecule has 0 N–H and O–H groups in total. The fourth-order valence-corrected chi connectivity index (χ4v) is 5.96. The number of sulfonamides is 1. The number of rotatable bonds is 5. The number of hydrogen-bond acceptors (Lipinski definition) is 3. The number of carbonyl (C=O) groups excluding carboxylic acids is 1. The van der Waals surface area contributed by atoms with Crippen molar-refractivity contribution in [2.75, 3.05) is 13.1 Å². The van der Waals surface area contributed by atoms with Gasteiger partial charge in [-0.1, -0.05) is 30.3 Å². The van der Waals surface area contributed by atoms with Gasteiger partial charge in [0.2, 0.25) is 15.9 Å². The van der Waals surface area contributed by atoms with Crippen molar-refractivity contribution < 1.29 is 13.2 Å². The summed E-state index contributed by atoms with van der Waals surface area (Å²) in [5, 5.41) is 0. The van der Waals surface area contributed by atoms with E-state index >= 15 is 0 Å². The molecule has 5 nitrogen and oxygen atoms in total. The first-order valence-corrected chi connectivity index (χ1v) is 10.5. The second kappa shape index (κ2) is 6.15. The standard InChI is InChI=1S/C18H24N2O3S/c21-18-9-8-17-16(19(18)12-14-6-7-14)10-11-20(17)24(22,23)13-15-4-2-1-3-5-15/h1-5,14,16-17H,6-13H2/t16-,17-/m1/s1. The summed E-state index contributed by atoms with van der Waals surface area (Å²) in [6.45, 7) is 1.37. The van der Waals surface area contributed by atoms with Gasteiger partial charge in [0.05, 0.1) is 5.75 Å². The summed E-state index contributed by atoms with van der Waals surface area (Å²) >= 11 is 0. The van der Waals surface area contributed by atoms with Crippen LogP contribution in [0.5, 0.6) is 0 Å². The number of hydrogen-bond donors (Lipinski definition) is 0. The van der Waals surface area contributed by atoms with Crippen LogP contribution in [-0.4, -0.2) is 48.7 Å². The van der Waals surface area contributed by atoms with Crippen LogP contribution in [-0.2, 0) is 20.6 Å². The molecule has 0 radical (unpaired) electrons. The summed E-state index contributed by atoms with van der Waals surface area (Å²) in [4.78, 5) is 14.3. The average molecular weight is 348 g/mol. The summed E-state index contributed by atoms with van der Waals surface area (Å²) in [5.74, 6) is 0.904. The summed E-state index contributed by atoms with van der Waals surface area (Å²) in [6.07, 6.45) is 4.33. The molecule has 24 heavy (non-hydrogen) atoms. The minimum absolute atomic E-state index is 0.0323. The minimum atomic E-state index is -3.34. The number of fused-ring (bicyclic) bond motifs is 1. The van der Waals surface area contributed by atoms with Crippen LogP contribution >= 0.6 is 0 Å². The van der Waals surface area contributed by atoms with E-state index in [1.165, 1.54) is 12.8 Å². The molecule has 3 aliphatic rings. The van der Waals surface area contributed by atoms with Crippen LogP contribution in [0.25, 0.3) is 0 Å². The van der Waals surface area contributed by atoms with Gasteiger partial charge >= 0.3 is 0 Å². The molecule has 0 spiro atoms. The van der Waals surface area contributed by atoms with E-state index in [1.807, 2.05) is 35.2 Å². The molecule has 1 aliphatic carbocycles. The molecule has 4 rings (SSSR count). The minimum Gasteiger partial charge on any atom is -0.338 e. The molecule has 2 aliphatic heterocycles. The van der Waals surface area contributed by atoms with Gasteiger partial charge in [0.25, 0.3) is 0 Å². The lowest BCUT2D eigenvalue weighted by Gasteiger charge is -2.39. The predicted molar refractivity (Wildman–Crippen MR) is 91.6 cm³/mol. The first kappa shape index (κ1) is 16.1. The Balaban J connectivity index is 1.51. The third kappa shape index (κ3) is 3.09. The Morgan fingerprint density at radius 3 is 2.46 bits per heavy atom. The SMILES string of the molecule is O=C1CC[C@@H]2[C@@H](CCN2S(=O)(=O)Cc2ccccc2)N1CC1CC1. The van der Waals surface area contributed by atoms with Crippen LogP contribution in [0.1, 0.15) is 37.7 Å². The smallest absolute Gasteiger partial charge is 0.222 e. The van der Waals surface area contributed by atoms with Crippen molar-refractivity contribution in [2.45, 2.75) is 49.9 Å². The topological polar surface area (TPSA) is 57.7 Å². The second-order valence-corrected chi connectivity index (χ2v) is 9.23. The molecule has 6 heteroatoms. The Labute approximate surface area is 143 Å². The third-order valence-corrected chi connectivity index (χ3v) is 7.40. The fraction of sp³-hybridized carbons (Fsp3) is 0.611. The van der Waals surface area contributed by atoms with E-state index in [4.69, 9.17) is 0 Å². The Kier molecular flexibility index (Phi) is 4.12. The fourth-order valence-electron chi connectivity index (χ4n) is 4.14. The monoisotopic (exact) mass is 348 g/mol. The number of likely N-dealkylation sites (tertiary alicyclic amines) is 1. The van der Waals surface area contributed by atoms with Gasteiger partial charge in [-0.25, -0.2) is 8.42 Å². The van der Waals surface area contributed by atoms with Gasteiger partial charge in [-0.2, -0.15) is 4.31 Å². The van der Waals surface area contributed by atoms with Crippen LogP contribution in [0.2, 0.25) is 0 Å². The number of nitrogens with zero attached hydrogens (tertiary/aromatic N) is 2. The Morgan fingerprint density at radius 1 is 1.00 bits per heavy atom. The molecular weight excluding hydrogens is 324 g/mol. The van der Waals surface area contributed by atoms with Gasteiger partial charge in [-0.15, -0.1) is 0 Å². The van der Waals surface area contributed by atoms with E-state index in [0.717, 1.165) is 18.5 Å².